The Morgan fingerprint density at radius 2 is 1.95 bits per heavy atom. The van der Waals surface area contributed by atoms with E-state index in [2.05, 4.69) is 0 Å². The Bertz CT molecular complexity index is 565. The van der Waals surface area contributed by atoms with Gasteiger partial charge in [-0.15, -0.1) is 11.6 Å². The minimum absolute atomic E-state index is 0.158. The van der Waals surface area contributed by atoms with Gasteiger partial charge in [0.25, 0.3) is 0 Å². The number of hydrogen-bond acceptors (Lipinski definition) is 2. The van der Waals surface area contributed by atoms with E-state index in [4.69, 9.17) is 11.6 Å². The van der Waals surface area contributed by atoms with Crippen LogP contribution >= 0.6 is 11.6 Å². The van der Waals surface area contributed by atoms with E-state index in [1.165, 1.54) is 0 Å². The van der Waals surface area contributed by atoms with E-state index >= 15 is 0 Å². The number of rotatable bonds is 5. The van der Waals surface area contributed by atoms with Crippen LogP contribution in [0.15, 0.2) is 23.1 Å². The van der Waals surface area contributed by atoms with Crippen LogP contribution in [-0.2, 0) is 15.9 Å². The molecule has 1 aromatic rings. The maximum Gasteiger partial charge on any atom is 0.243 e. The van der Waals surface area contributed by atoms with Gasteiger partial charge in [-0.3, -0.25) is 0 Å². The molecule has 0 atom stereocenters. The Kier molecular flexibility index (Phi) is 5.10. The number of aryl methyl sites for hydroxylation is 1. The molecule has 2 rings (SSSR count). The van der Waals surface area contributed by atoms with Gasteiger partial charge in [0.2, 0.25) is 10.0 Å². The van der Waals surface area contributed by atoms with Crippen molar-refractivity contribution in [3.05, 3.63) is 29.3 Å². The van der Waals surface area contributed by atoms with Crippen molar-refractivity contribution in [3.63, 3.8) is 0 Å². The molecular weight excluding hydrogens is 294 g/mol. The summed E-state index contributed by atoms with van der Waals surface area (Å²) < 4.78 is 27.3. The van der Waals surface area contributed by atoms with E-state index in [1.807, 2.05) is 19.9 Å². The molecule has 0 unspecified atom stereocenters. The van der Waals surface area contributed by atoms with Crippen LogP contribution in [0.3, 0.4) is 0 Å². The predicted molar refractivity (Wildman–Crippen MR) is 82.6 cm³/mol. The van der Waals surface area contributed by atoms with Crippen LogP contribution in [0.4, 0.5) is 0 Å². The molecular formula is C15H22ClNO2S. The van der Waals surface area contributed by atoms with E-state index in [-0.39, 0.29) is 6.04 Å². The molecule has 1 aliphatic rings. The van der Waals surface area contributed by atoms with E-state index < -0.39 is 10.0 Å². The monoisotopic (exact) mass is 315 g/mol. The molecule has 3 nitrogen and oxygen atoms in total. The number of alkyl halides is 1. The highest BCUT2D eigenvalue weighted by Gasteiger charge is 2.32. The topological polar surface area (TPSA) is 37.4 Å². The standard InChI is InChI=1S/C15H22ClNO2S/c1-3-17(14-6-4-5-7-14)20(18,19)15-9-8-12(2)13(10-15)11-16/h8-10,14H,3-7,11H2,1-2H3. The van der Waals surface area contributed by atoms with Crippen molar-refractivity contribution < 1.29 is 8.42 Å². The zero-order valence-electron chi connectivity index (χ0n) is 12.1. The fourth-order valence-electron chi connectivity index (χ4n) is 2.90. The summed E-state index contributed by atoms with van der Waals surface area (Å²) in [7, 11) is -3.41. The summed E-state index contributed by atoms with van der Waals surface area (Å²) in [5, 5.41) is 0. The highest BCUT2D eigenvalue weighted by molar-refractivity contribution is 7.89. The summed E-state index contributed by atoms with van der Waals surface area (Å²) in [5.74, 6) is 0.338. The van der Waals surface area contributed by atoms with E-state index in [9.17, 15) is 8.42 Å². The van der Waals surface area contributed by atoms with E-state index in [0.29, 0.717) is 17.3 Å². The van der Waals surface area contributed by atoms with Crippen LogP contribution in [0.25, 0.3) is 0 Å². The molecule has 5 heteroatoms. The van der Waals surface area contributed by atoms with Gasteiger partial charge in [-0.2, -0.15) is 4.31 Å². The number of hydrogen-bond donors (Lipinski definition) is 0. The number of sulfonamides is 1. The third-order valence-corrected chi connectivity index (χ3v) is 6.43. The smallest absolute Gasteiger partial charge is 0.207 e. The molecule has 112 valence electrons. The van der Waals surface area contributed by atoms with Crippen molar-refractivity contribution in [1.29, 1.82) is 0 Å². The van der Waals surface area contributed by atoms with Gasteiger partial charge in [0.1, 0.15) is 0 Å². The van der Waals surface area contributed by atoms with E-state index in [1.54, 1.807) is 16.4 Å². The van der Waals surface area contributed by atoms with Crippen molar-refractivity contribution in [2.75, 3.05) is 6.54 Å². The third-order valence-electron chi connectivity index (χ3n) is 4.11. The summed E-state index contributed by atoms with van der Waals surface area (Å²) >= 11 is 5.89. The lowest BCUT2D eigenvalue weighted by molar-refractivity contribution is 0.335. The molecule has 20 heavy (non-hydrogen) atoms. The van der Waals surface area contributed by atoms with Gasteiger partial charge < -0.3 is 0 Å². The Balaban J connectivity index is 2.37. The SMILES string of the molecule is CCN(C1CCCC1)S(=O)(=O)c1ccc(C)c(CCl)c1. The molecule has 1 fully saturated rings. The summed E-state index contributed by atoms with van der Waals surface area (Å²) in [6.45, 7) is 4.38. The first kappa shape index (κ1) is 15.8. The zero-order chi connectivity index (χ0) is 14.8. The lowest BCUT2D eigenvalue weighted by Gasteiger charge is -2.27. The average molecular weight is 316 g/mol. The summed E-state index contributed by atoms with van der Waals surface area (Å²) in [5.41, 5.74) is 1.91. The highest BCUT2D eigenvalue weighted by atomic mass is 35.5. The Hall–Kier alpha value is -0.580. The fraction of sp³-hybridized carbons (Fsp3) is 0.600. The van der Waals surface area contributed by atoms with E-state index in [0.717, 1.165) is 36.8 Å². The van der Waals surface area contributed by atoms with Crippen LogP contribution in [0.5, 0.6) is 0 Å². The van der Waals surface area contributed by atoms with Crippen LogP contribution < -0.4 is 0 Å². The van der Waals surface area contributed by atoms with Crippen LogP contribution in [0.2, 0.25) is 0 Å². The van der Waals surface area contributed by atoms with Gasteiger partial charge >= 0.3 is 0 Å². The molecule has 1 aromatic carbocycles. The summed E-state index contributed by atoms with van der Waals surface area (Å²) in [6.07, 6.45) is 4.19. The van der Waals surface area contributed by atoms with Gasteiger partial charge in [-0.1, -0.05) is 25.8 Å². The molecule has 0 radical (unpaired) electrons. The second kappa shape index (κ2) is 6.46. The molecule has 0 heterocycles. The van der Waals surface area contributed by atoms with Crippen molar-refractivity contribution in [2.24, 2.45) is 0 Å². The minimum Gasteiger partial charge on any atom is -0.207 e. The largest absolute Gasteiger partial charge is 0.243 e. The van der Waals surface area contributed by atoms with Gasteiger partial charge in [-0.25, -0.2) is 8.42 Å². The highest BCUT2D eigenvalue weighted by Crippen LogP contribution is 2.29. The molecule has 0 aliphatic heterocycles. The number of nitrogens with zero attached hydrogens (tertiary/aromatic N) is 1. The molecule has 0 amide bonds. The average Bonchev–Trinajstić information content (AvgIpc) is 2.93. The first-order valence-electron chi connectivity index (χ1n) is 7.18. The molecule has 0 bridgehead atoms. The quantitative estimate of drug-likeness (QED) is 0.777. The zero-order valence-corrected chi connectivity index (χ0v) is 13.7. The van der Waals surface area contributed by atoms with Gasteiger partial charge in [0, 0.05) is 18.5 Å². The minimum atomic E-state index is -3.41. The number of halogens is 1. The summed E-state index contributed by atoms with van der Waals surface area (Å²) in [4.78, 5) is 0.368. The predicted octanol–water partition coefficient (Wildman–Crippen LogP) is 3.69. The maximum atomic E-state index is 12.8. The summed E-state index contributed by atoms with van der Waals surface area (Å²) in [6, 6.07) is 5.41. The lowest BCUT2D eigenvalue weighted by atomic mass is 10.1. The first-order chi connectivity index (χ1) is 9.50. The van der Waals surface area contributed by atoms with Gasteiger partial charge in [0.05, 0.1) is 4.90 Å². The second-order valence-corrected chi connectivity index (χ2v) is 7.53. The molecule has 1 saturated carbocycles. The lowest BCUT2D eigenvalue weighted by Crippen LogP contribution is -2.38. The Morgan fingerprint density at radius 3 is 2.50 bits per heavy atom. The van der Waals surface area contributed by atoms with Crippen molar-refractivity contribution in [2.45, 2.75) is 56.3 Å². The van der Waals surface area contributed by atoms with Crippen molar-refractivity contribution >= 4 is 21.6 Å². The van der Waals surface area contributed by atoms with Crippen LogP contribution in [0.1, 0.15) is 43.7 Å². The second-order valence-electron chi connectivity index (χ2n) is 5.37. The third kappa shape index (κ3) is 3.02. The van der Waals surface area contributed by atoms with Crippen LogP contribution in [-0.4, -0.2) is 25.3 Å². The Labute approximate surface area is 127 Å². The molecule has 0 spiro atoms. The maximum absolute atomic E-state index is 12.8. The molecule has 0 saturated heterocycles. The Morgan fingerprint density at radius 1 is 1.30 bits per heavy atom. The fourth-order valence-corrected chi connectivity index (χ4v) is 4.94. The normalized spacial score (nSPS) is 17.0. The molecule has 0 aromatic heterocycles. The van der Waals surface area contributed by atoms with Crippen LogP contribution in [0, 0.1) is 6.92 Å². The van der Waals surface area contributed by atoms with Crippen molar-refractivity contribution in [1.82, 2.24) is 4.31 Å². The molecule has 0 N–H and O–H groups in total. The van der Waals surface area contributed by atoms with Crippen molar-refractivity contribution in [3.8, 4) is 0 Å². The first-order valence-corrected chi connectivity index (χ1v) is 9.15. The van der Waals surface area contributed by atoms with Gasteiger partial charge in [-0.05, 0) is 43.0 Å². The van der Waals surface area contributed by atoms with Gasteiger partial charge in [0.15, 0.2) is 0 Å². The molecule has 1 aliphatic carbocycles. The number of benzene rings is 1.